The molecule has 0 saturated heterocycles. The van der Waals surface area contributed by atoms with Crippen molar-refractivity contribution in [1.82, 2.24) is 0 Å². The van der Waals surface area contributed by atoms with Gasteiger partial charge >= 0.3 is 108 Å². The van der Waals surface area contributed by atoms with Crippen LogP contribution in [0.3, 0.4) is 0 Å². The van der Waals surface area contributed by atoms with Gasteiger partial charge < -0.3 is 0 Å². The van der Waals surface area contributed by atoms with Gasteiger partial charge in [0.05, 0.1) is 0 Å². The summed E-state index contributed by atoms with van der Waals surface area (Å²) in [5, 5.41) is 0. The molecular weight excluding hydrogens is 223 g/mol. The van der Waals surface area contributed by atoms with Crippen molar-refractivity contribution in [3.8, 4) is 0 Å². The Hall–Kier alpha value is -2.16. The van der Waals surface area contributed by atoms with Crippen LogP contribution in [0, 0.1) is 0 Å². The molecule has 3 heteroatoms. The summed E-state index contributed by atoms with van der Waals surface area (Å²) in [5.74, 6) is -0.382. The number of rotatable bonds is 5. The van der Waals surface area contributed by atoms with Gasteiger partial charge in [0.2, 0.25) is 0 Å². The van der Waals surface area contributed by atoms with Crippen LogP contribution in [-0.2, 0) is 9.53 Å². The van der Waals surface area contributed by atoms with Gasteiger partial charge in [-0.05, 0) is 0 Å². The summed E-state index contributed by atoms with van der Waals surface area (Å²) in [4.78, 5) is 10.9. The van der Waals surface area contributed by atoms with Crippen LogP contribution in [0.2, 0.25) is 0 Å². The monoisotopic (exact) mass is 237 g/mol. The van der Waals surface area contributed by atoms with E-state index >= 15 is 0 Å². The molecule has 0 atom stereocenters. The van der Waals surface area contributed by atoms with Crippen molar-refractivity contribution in [2.45, 2.75) is 0 Å². The number of ether oxygens (including phenoxy) is 1. The van der Waals surface area contributed by atoms with Gasteiger partial charge in [0.25, 0.3) is 0 Å². The van der Waals surface area contributed by atoms with E-state index in [1.807, 2.05) is 24.3 Å². The minimum atomic E-state index is -0.382. The molecule has 0 heterocycles. The zero-order valence-electron chi connectivity index (χ0n) is 10.3. The predicted octanol–water partition coefficient (Wildman–Crippen LogP) is 2.41. The second-order valence-corrected chi connectivity index (χ2v) is 3.62. The van der Waals surface area contributed by atoms with Crippen LogP contribution in [0.15, 0.2) is 49.6 Å². The van der Waals surface area contributed by atoms with Crippen molar-refractivity contribution in [1.29, 1.82) is 0 Å². The third kappa shape index (κ3) is 3.70. The Kier molecular flexibility index (Phi) is 5.06. The fraction of sp³-hybridized carbons (Fsp3) is 0.0667. The fourth-order valence-corrected chi connectivity index (χ4v) is 1.32. The number of benzene rings is 1. The zero-order chi connectivity index (χ0) is 13.5. The molecule has 0 aliphatic rings. The van der Waals surface area contributed by atoms with E-state index in [-0.39, 0.29) is 5.97 Å². The zero-order valence-corrected chi connectivity index (χ0v) is 10.3. The van der Waals surface area contributed by atoms with Gasteiger partial charge in [-0.3, -0.25) is 0 Å². The Balaban J connectivity index is 2.83. The first-order valence-electron chi connectivity index (χ1n) is 5.39. The SMILES string of the molecule is [B]=C(C=C)C(=C)c1ccc(/C=C/C(=O)OC)cc1. The molecule has 18 heavy (non-hydrogen) atoms. The topological polar surface area (TPSA) is 26.3 Å². The first-order valence-corrected chi connectivity index (χ1v) is 5.39. The number of carbonyl (C=O) groups excluding carboxylic acids is 1. The average Bonchev–Trinajstić information content (AvgIpc) is 2.43. The molecule has 0 unspecified atom stereocenters. The molecule has 1 aromatic rings. The Morgan fingerprint density at radius 3 is 2.44 bits per heavy atom. The maximum absolute atomic E-state index is 10.9. The first kappa shape index (κ1) is 13.9. The molecule has 0 aromatic heterocycles. The maximum atomic E-state index is 10.9. The molecule has 1 aromatic carbocycles. The molecule has 0 bridgehead atoms. The van der Waals surface area contributed by atoms with E-state index in [1.165, 1.54) is 13.2 Å². The van der Waals surface area contributed by atoms with Gasteiger partial charge in [-0.2, -0.15) is 0 Å². The molecule has 0 aliphatic carbocycles. The Morgan fingerprint density at radius 2 is 1.94 bits per heavy atom. The Bertz CT molecular complexity index is 510. The summed E-state index contributed by atoms with van der Waals surface area (Å²) >= 11 is 0. The van der Waals surface area contributed by atoms with Gasteiger partial charge in [0.15, 0.2) is 0 Å². The number of hydrogen-bond acceptors (Lipinski definition) is 2. The number of esters is 1. The predicted molar refractivity (Wildman–Crippen MR) is 77.5 cm³/mol. The minimum absolute atomic E-state index is 0.382. The third-order valence-corrected chi connectivity index (χ3v) is 2.44. The fourth-order valence-electron chi connectivity index (χ4n) is 1.32. The van der Waals surface area contributed by atoms with Crippen LogP contribution in [0.25, 0.3) is 11.6 Å². The molecule has 89 valence electrons. The summed E-state index contributed by atoms with van der Waals surface area (Å²) in [7, 11) is 7.07. The van der Waals surface area contributed by atoms with Gasteiger partial charge in [-0.15, -0.1) is 0 Å². The molecule has 1 radical (unpaired) electrons. The molecule has 1 rings (SSSR count). The number of methoxy groups -OCH3 is 1. The molecular formula is C15H14BO2. The molecule has 0 amide bonds. The van der Waals surface area contributed by atoms with Gasteiger partial charge in [0, 0.05) is 0 Å². The second kappa shape index (κ2) is 6.55. The van der Waals surface area contributed by atoms with E-state index in [2.05, 4.69) is 17.9 Å². The van der Waals surface area contributed by atoms with Crippen molar-refractivity contribution in [2.75, 3.05) is 7.11 Å². The number of carbonyl (C=O) groups is 1. The van der Waals surface area contributed by atoms with Crippen molar-refractivity contribution >= 4 is 30.6 Å². The van der Waals surface area contributed by atoms with Crippen LogP contribution < -0.4 is 0 Å². The van der Waals surface area contributed by atoms with E-state index in [0.29, 0.717) is 5.46 Å². The van der Waals surface area contributed by atoms with Gasteiger partial charge in [0.1, 0.15) is 0 Å². The van der Waals surface area contributed by atoms with E-state index in [1.54, 1.807) is 12.2 Å². The molecule has 0 aliphatic heterocycles. The molecule has 0 N–H and O–H groups in total. The summed E-state index contributed by atoms with van der Waals surface area (Å²) in [6, 6.07) is 7.51. The van der Waals surface area contributed by atoms with E-state index in [0.717, 1.165) is 16.7 Å². The molecule has 0 spiro atoms. The van der Waals surface area contributed by atoms with E-state index in [9.17, 15) is 4.79 Å². The van der Waals surface area contributed by atoms with E-state index in [4.69, 9.17) is 7.49 Å². The molecule has 2 nitrogen and oxygen atoms in total. The summed E-state index contributed by atoms with van der Waals surface area (Å²) in [6.45, 7) is 7.48. The average molecular weight is 237 g/mol. The van der Waals surface area contributed by atoms with Crippen molar-refractivity contribution in [2.24, 2.45) is 0 Å². The first-order chi connectivity index (χ1) is 8.58. The van der Waals surface area contributed by atoms with Crippen LogP contribution in [-0.4, -0.2) is 26.0 Å². The van der Waals surface area contributed by atoms with Gasteiger partial charge in [-0.1, -0.05) is 0 Å². The quantitative estimate of drug-likeness (QED) is 0.446. The van der Waals surface area contributed by atoms with Crippen LogP contribution in [0.5, 0.6) is 0 Å². The normalized spacial score (nSPS) is 10.0. The standard InChI is InChI=1S/C15H14BO2/c1-4-14(16)11(2)13-8-5-12(6-9-13)7-10-15(17)18-3/h4-10H,1-2H2,3H3/b10-7+. The summed E-state index contributed by atoms with van der Waals surface area (Å²) in [5.41, 5.74) is 3.10. The summed E-state index contributed by atoms with van der Waals surface area (Å²) in [6.07, 6.45) is 4.61. The number of hydrogen-bond donors (Lipinski definition) is 0. The molecule has 0 fully saturated rings. The number of allylic oxidation sites excluding steroid dienone is 2. The van der Waals surface area contributed by atoms with E-state index < -0.39 is 0 Å². The van der Waals surface area contributed by atoms with Crippen LogP contribution >= 0.6 is 0 Å². The Labute approximate surface area is 108 Å². The van der Waals surface area contributed by atoms with Crippen molar-refractivity contribution < 1.29 is 9.53 Å². The van der Waals surface area contributed by atoms with Gasteiger partial charge in [-0.25, -0.2) is 0 Å². The third-order valence-electron chi connectivity index (χ3n) is 2.44. The second-order valence-electron chi connectivity index (χ2n) is 3.62. The van der Waals surface area contributed by atoms with Crippen LogP contribution in [0.4, 0.5) is 0 Å². The van der Waals surface area contributed by atoms with Crippen molar-refractivity contribution in [3.63, 3.8) is 0 Å². The molecule has 0 saturated carbocycles. The summed E-state index contributed by atoms with van der Waals surface area (Å²) < 4.78 is 4.51. The Morgan fingerprint density at radius 1 is 1.33 bits per heavy atom. The van der Waals surface area contributed by atoms with Crippen LogP contribution in [0.1, 0.15) is 11.1 Å². The van der Waals surface area contributed by atoms with Crippen molar-refractivity contribution in [3.05, 3.63) is 60.7 Å².